The van der Waals surface area contributed by atoms with Crippen molar-refractivity contribution in [2.75, 3.05) is 14.2 Å². The van der Waals surface area contributed by atoms with Gasteiger partial charge in [-0.2, -0.15) is 0 Å². The average Bonchev–Trinajstić information content (AvgIpc) is 2.68. The molecule has 0 saturated heterocycles. The highest BCUT2D eigenvalue weighted by atomic mass is 127. The third kappa shape index (κ3) is 10.0. The van der Waals surface area contributed by atoms with Crippen molar-refractivity contribution < 1.29 is 24.1 Å². The van der Waals surface area contributed by atoms with Gasteiger partial charge in [0.05, 0.1) is 18.3 Å². The van der Waals surface area contributed by atoms with E-state index in [9.17, 15) is 9.90 Å². The Morgan fingerprint density at radius 1 is 1.07 bits per heavy atom. The highest BCUT2D eigenvalue weighted by Crippen LogP contribution is 2.28. The molecule has 0 aromatic heterocycles. The Balaban J connectivity index is 5.16. The largest absolute Gasteiger partial charge is 0.462 e. The topological polar surface area (TPSA) is 65.0 Å². The number of carbonyl (C=O) groups is 1. The molecular formula is C22H41IO5. The van der Waals surface area contributed by atoms with Gasteiger partial charge in [0.25, 0.3) is 0 Å². The quantitative estimate of drug-likeness (QED) is 0.243. The van der Waals surface area contributed by atoms with Gasteiger partial charge < -0.3 is 19.3 Å². The first-order chi connectivity index (χ1) is 13.2. The predicted molar refractivity (Wildman–Crippen MR) is 123 cm³/mol. The maximum Gasteiger partial charge on any atom is 0.305 e. The van der Waals surface area contributed by atoms with Crippen molar-refractivity contribution in [2.24, 2.45) is 17.8 Å². The number of aliphatic hydroxyl groups is 1. The summed E-state index contributed by atoms with van der Waals surface area (Å²) < 4.78 is 19.2. The minimum atomic E-state index is -0.348. The third-order valence-corrected chi connectivity index (χ3v) is 6.08. The lowest BCUT2D eigenvalue weighted by Crippen LogP contribution is -2.38. The van der Waals surface area contributed by atoms with Crippen molar-refractivity contribution in [1.29, 1.82) is 0 Å². The second kappa shape index (κ2) is 15.6. The van der Waals surface area contributed by atoms with E-state index in [2.05, 4.69) is 49.4 Å². The molecule has 0 amide bonds. The molecule has 7 atom stereocenters. The summed E-state index contributed by atoms with van der Waals surface area (Å²) in [5, 5.41) is 9.97. The first kappa shape index (κ1) is 27.8. The summed E-state index contributed by atoms with van der Waals surface area (Å²) in [5.74, 6) is 0.371. The number of esters is 1. The van der Waals surface area contributed by atoms with Gasteiger partial charge in [-0.15, -0.1) is 0 Å². The van der Waals surface area contributed by atoms with Crippen LogP contribution in [0.1, 0.15) is 66.7 Å². The number of rotatable bonds is 15. The minimum Gasteiger partial charge on any atom is -0.462 e. The molecule has 0 spiro atoms. The highest BCUT2D eigenvalue weighted by Gasteiger charge is 2.32. The van der Waals surface area contributed by atoms with Crippen molar-refractivity contribution in [3.63, 3.8) is 0 Å². The minimum absolute atomic E-state index is 0.00752. The SMILES string of the molecule is CCC(=O)O[C@H](CC[C@H](C)[C@H](C[C@H](O)CC)OC)[C@H](C)[C@H](OC)[C@H](C)/C=C/I. The Kier molecular flexibility index (Phi) is 15.5. The zero-order chi connectivity index (χ0) is 21.7. The molecule has 6 heteroatoms. The molecule has 0 aromatic rings. The van der Waals surface area contributed by atoms with Gasteiger partial charge in [-0.05, 0) is 35.7 Å². The highest BCUT2D eigenvalue weighted by molar-refractivity contribution is 14.1. The molecule has 0 aliphatic carbocycles. The van der Waals surface area contributed by atoms with E-state index >= 15 is 0 Å². The first-order valence-electron chi connectivity index (χ1n) is 10.4. The maximum atomic E-state index is 12.0. The summed E-state index contributed by atoms with van der Waals surface area (Å²) in [4.78, 5) is 12.0. The number of carbonyl (C=O) groups excluding carboxylic acids is 1. The first-order valence-corrected chi connectivity index (χ1v) is 11.7. The van der Waals surface area contributed by atoms with Crippen LogP contribution in [0.25, 0.3) is 0 Å². The van der Waals surface area contributed by atoms with Crippen molar-refractivity contribution in [2.45, 2.75) is 91.1 Å². The van der Waals surface area contributed by atoms with E-state index in [-0.39, 0.29) is 48.1 Å². The summed E-state index contributed by atoms with van der Waals surface area (Å²) in [6.45, 7) is 10.1. The second-order valence-corrected chi connectivity index (χ2v) is 8.46. The molecule has 1 N–H and O–H groups in total. The maximum absolute atomic E-state index is 12.0. The van der Waals surface area contributed by atoms with Crippen molar-refractivity contribution in [3.8, 4) is 0 Å². The van der Waals surface area contributed by atoms with Crippen LogP contribution in [-0.2, 0) is 19.0 Å². The van der Waals surface area contributed by atoms with Gasteiger partial charge in [0.1, 0.15) is 6.10 Å². The Morgan fingerprint density at radius 3 is 2.18 bits per heavy atom. The molecule has 0 aliphatic heterocycles. The zero-order valence-electron chi connectivity index (χ0n) is 18.7. The summed E-state index contributed by atoms with van der Waals surface area (Å²) >= 11 is 2.21. The standard InChI is InChI=1S/C22H41IO5/c1-8-18(24)14-20(26-6)15(3)10-11-19(28-21(25)9-2)17(5)22(27-7)16(4)12-13-23/h12-13,15-20,22,24H,8-11,14H2,1-7H3/b13-12+/t15-,16+,17-,18+,19+,20-,22+/m0/s1. The van der Waals surface area contributed by atoms with Crippen molar-refractivity contribution in [1.82, 2.24) is 0 Å². The fourth-order valence-electron chi connectivity index (χ4n) is 3.63. The normalized spacial score (nSPS) is 19.6. The Hall–Kier alpha value is -0.180. The van der Waals surface area contributed by atoms with Crippen LogP contribution >= 0.6 is 22.6 Å². The molecule has 0 aliphatic rings. The van der Waals surface area contributed by atoms with Crippen LogP contribution in [0.5, 0.6) is 0 Å². The second-order valence-electron chi connectivity index (χ2n) is 7.75. The smallest absolute Gasteiger partial charge is 0.305 e. The molecule has 0 saturated carbocycles. The summed E-state index contributed by atoms with van der Waals surface area (Å²) in [6, 6.07) is 0. The van der Waals surface area contributed by atoms with Gasteiger partial charge in [-0.3, -0.25) is 4.79 Å². The number of methoxy groups -OCH3 is 2. The van der Waals surface area contributed by atoms with Gasteiger partial charge in [0.15, 0.2) is 0 Å². The van der Waals surface area contributed by atoms with Gasteiger partial charge >= 0.3 is 5.97 Å². The van der Waals surface area contributed by atoms with E-state index in [4.69, 9.17) is 14.2 Å². The Labute approximate surface area is 185 Å². The molecule has 28 heavy (non-hydrogen) atoms. The average molecular weight is 512 g/mol. The summed E-state index contributed by atoms with van der Waals surface area (Å²) in [5.41, 5.74) is 0. The fraction of sp³-hybridized carbons (Fsp3) is 0.864. The third-order valence-electron chi connectivity index (χ3n) is 5.66. The fourth-order valence-corrected chi connectivity index (χ4v) is 4.29. The lowest BCUT2D eigenvalue weighted by molar-refractivity contribution is -0.155. The molecule has 5 nitrogen and oxygen atoms in total. The lowest BCUT2D eigenvalue weighted by atomic mass is 9.84. The zero-order valence-corrected chi connectivity index (χ0v) is 20.8. The van der Waals surface area contributed by atoms with Crippen LogP contribution in [0.4, 0.5) is 0 Å². The Morgan fingerprint density at radius 2 is 1.71 bits per heavy atom. The molecule has 0 fully saturated rings. The number of aliphatic hydroxyl groups excluding tert-OH is 1. The van der Waals surface area contributed by atoms with E-state index in [0.29, 0.717) is 12.8 Å². The lowest BCUT2D eigenvalue weighted by Gasteiger charge is -2.33. The van der Waals surface area contributed by atoms with E-state index in [1.54, 1.807) is 14.2 Å². The van der Waals surface area contributed by atoms with Crippen molar-refractivity contribution in [3.05, 3.63) is 10.2 Å². The van der Waals surface area contributed by atoms with E-state index in [0.717, 1.165) is 19.3 Å². The molecule has 0 aromatic carbocycles. The van der Waals surface area contributed by atoms with Gasteiger partial charge in [-0.25, -0.2) is 0 Å². The van der Waals surface area contributed by atoms with Gasteiger partial charge in [0, 0.05) is 32.5 Å². The number of ether oxygens (including phenoxy) is 3. The van der Waals surface area contributed by atoms with Crippen LogP contribution in [0.3, 0.4) is 0 Å². The Bertz CT molecular complexity index is 443. The van der Waals surface area contributed by atoms with E-state index in [1.807, 2.05) is 17.9 Å². The number of hydrogen-bond donors (Lipinski definition) is 1. The predicted octanol–water partition coefficient (Wildman–Crippen LogP) is 5.14. The molecule has 0 radical (unpaired) electrons. The van der Waals surface area contributed by atoms with E-state index in [1.165, 1.54) is 0 Å². The molecule has 0 unspecified atom stereocenters. The molecule has 0 rings (SSSR count). The molecular weight excluding hydrogens is 471 g/mol. The van der Waals surface area contributed by atoms with Crippen LogP contribution in [0.2, 0.25) is 0 Å². The van der Waals surface area contributed by atoms with Crippen LogP contribution in [0, 0.1) is 17.8 Å². The monoisotopic (exact) mass is 512 g/mol. The van der Waals surface area contributed by atoms with Crippen LogP contribution in [-0.4, -0.2) is 49.7 Å². The number of hydrogen-bond acceptors (Lipinski definition) is 5. The van der Waals surface area contributed by atoms with Gasteiger partial charge in [0.2, 0.25) is 0 Å². The van der Waals surface area contributed by atoms with Gasteiger partial charge in [-0.1, -0.05) is 63.3 Å². The molecule has 0 bridgehead atoms. The van der Waals surface area contributed by atoms with Crippen molar-refractivity contribution >= 4 is 28.6 Å². The number of halogens is 1. The van der Waals surface area contributed by atoms with Crippen LogP contribution < -0.4 is 0 Å². The van der Waals surface area contributed by atoms with E-state index < -0.39 is 0 Å². The summed E-state index contributed by atoms with van der Waals surface area (Å²) in [7, 11) is 3.41. The summed E-state index contributed by atoms with van der Waals surface area (Å²) in [6.07, 6.45) is 4.83. The van der Waals surface area contributed by atoms with Crippen LogP contribution in [0.15, 0.2) is 10.2 Å². The molecule has 0 heterocycles. The molecule has 166 valence electrons.